The van der Waals surface area contributed by atoms with Gasteiger partial charge in [-0.2, -0.15) is 0 Å². The second-order valence-electron chi connectivity index (χ2n) is 6.88. The summed E-state index contributed by atoms with van der Waals surface area (Å²) in [5.41, 5.74) is 4.05. The number of carbonyl (C=O) groups excluding carboxylic acids is 1. The van der Waals surface area contributed by atoms with Gasteiger partial charge in [-0.25, -0.2) is 4.79 Å². The van der Waals surface area contributed by atoms with Gasteiger partial charge in [0.2, 0.25) is 0 Å². The highest BCUT2D eigenvalue weighted by atomic mass is 16.5. The summed E-state index contributed by atoms with van der Waals surface area (Å²) in [5, 5.41) is 5.81. The Morgan fingerprint density at radius 2 is 2.12 bits per heavy atom. The van der Waals surface area contributed by atoms with Crippen LogP contribution in [0.2, 0.25) is 0 Å². The van der Waals surface area contributed by atoms with Crippen molar-refractivity contribution in [3.05, 3.63) is 35.2 Å². The van der Waals surface area contributed by atoms with Crippen LogP contribution in [-0.4, -0.2) is 37.4 Å². The van der Waals surface area contributed by atoms with Crippen molar-refractivity contribution in [1.29, 1.82) is 0 Å². The summed E-state index contributed by atoms with van der Waals surface area (Å²) in [5.74, 6) is 0. The second kappa shape index (κ2) is 7.32. The summed E-state index contributed by atoms with van der Waals surface area (Å²) in [6, 6.07) is 1.72. The number of amides is 2. The molecule has 0 radical (unpaired) electrons. The monoisotopic (exact) mass is 331 g/mol. The summed E-state index contributed by atoms with van der Waals surface area (Å²) >= 11 is 0. The maximum Gasteiger partial charge on any atom is 0.319 e. The predicted octanol–water partition coefficient (Wildman–Crippen LogP) is 2.65. The van der Waals surface area contributed by atoms with E-state index in [1.54, 1.807) is 6.20 Å². The topological polar surface area (TPSA) is 72.5 Å². The number of hydrogen-bond acceptors (Lipinski definition) is 4. The van der Waals surface area contributed by atoms with E-state index in [9.17, 15) is 4.79 Å². The zero-order chi connectivity index (χ0) is 17.0. The van der Waals surface area contributed by atoms with Crippen LogP contribution in [0.5, 0.6) is 0 Å². The van der Waals surface area contributed by atoms with E-state index in [2.05, 4.69) is 35.5 Å². The van der Waals surface area contributed by atoms with Gasteiger partial charge in [0.15, 0.2) is 0 Å². The molecule has 0 bridgehead atoms. The third-order valence-corrected chi connectivity index (χ3v) is 4.58. The third kappa shape index (κ3) is 4.13. The molecule has 0 unspecified atom stereocenters. The van der Waals surface area contributed by atoms with Crippen LogP contribution in [0.1, 0.15) is 31.5 Å². The predicted molar refractivity (Wildman–Crippen MR) is 91.9 cm³/mol. The van der Waals surface area contributed by atoms with Crippen molar-refractivity contribution in [2.45, 2.75) is 33.3 Å². The van der Waals surface area contributed by atoms with Gasteiger partial charge < -0.3 is 20.1 Å². The van der Waals surface area contributed by atoms with E-state index in [1.807, 2.05) is 6.07 Å². The number of ether oxygens (including phenoxy) is 2. The molecule has 3 rings (SSSR count). The fraction of sp³-hybridized carbons (Fsp3) is 0.556. The number of anilines is 1. The van der Waals surface area contributed by atoms with Crippen LogP contribution >= 0.6 is 0 Å². The van der Waals surface area contributed by atoms with Crippen LogP contribution in [0.15, 0.2) is 23.9 Å². The SMILES string of the molecule is CC(C)(CNC(=O)Nc1cnc2c(c1)COCC2)C1=CCOCC1. The summed E-state index contributed by atoms with van der Waals surface area (Å²) in [6.07, 6.45) is 5.58. The number of urea groups is 1. The van der Waals surface area contributed by atoms with Crippen molar-refractivity contribution in [3.8, 4) is 0 Å². The average molecular weight is 331 g/mol. The fourth-order valence-corrected chi connectivity index (χ4v) is 3.04. The average Bonchev–Trinajstić information content (AvgIpc) is 2.61. The van der Waals surface area contributed by atoms with Crippen LogP contribution in [0, 0.1) is 5.41 Å². The van der Waals surface area contributed by atoms with Crippen molar-refractivity contribution in [3.63, 3.8) is 0 Å². The van der Waals surface area contributed by atoms with Gasteiger partial charge in [0.25, 0.3) is 0 Å². The Morgan fingerprint density at radius 3 is 2.92 bits per heavy atom. The molecule has 2 N–H and O–H groups in total. The van der Waals surface area contributed by atoms with Gasteiger partial charge in [-0.1, -0.05) is 25.5 Å². The van der Waals surface area contributed by atoms with Gasteiger partial charge in [-0.3, -0.25) is 4.98 Å². The van der Waals surface area contributed by atoms with E-state index in [4.69, 9.17) is 9.47 Å². The van der Waals surface area contributed by atoms with E-state index in [0.29, 0.717) is 32.1 Å². The van der Waals surface area contributed by atoms with Gasteiger partial charge in [-0.15, -0.1) is 0 Å². The van der Waals surface area contributed by atoms with E-state index in [0.717, 1.165) is 30.7 Å². The summed E-state index contributed by atoms with van der Waals surface area (Å²) in [7, 11) is 0. The summed E-state index contributed by atoms with van der Waals surface area (Å²) in [6.45, 7) is 7.54. The first kappa shape index (κ1) is 16.9. The highest BCUT2D eigenvalue weighted by Gasteiger charge is 2.25. The number of fused-ring (bicyclic) bond motifs is 1. The Kier molecular flexibility index (Phi) is 5.16. The second-order valence-corrected chi connectivity index (χ2v) is 6.88. The first-order valence-corrected chi connectivity index (χ1v) is 8.42. The van der Waals surface area contributed by atoms with E-state index < -0.39 is 0 Å². The van der Waals surface area contributed by atoms with Crippen LogP contribution in [0.25, 0.3) is 0 Å². The number of pyridine rings is 1. The molecular formula is C18H25N3O3. The van der Waals surface area contributed by atoms with Gasteiger partial charge >= 0.3 is 6.03 Å². The molecule has 1 aromatic heterocycles. The first-order valence-electron chi connectivity index (χ1n) is 8.42. The number of nitrogens with one attached hydrogen (secondary N) is 2. The highest BCUT2D eigenvalue weighted by molar-refractivity contribution is 5.89. The molecule has 24 heavy (non-hydrogen) atoms. The lowest BCUT2D eigenvalue weighted by Gasteiger charge is -2.30. The van der Waals surface area contributed by atoms with Crippen LogP contribution in [0.4, 0.5) is 10.5 Å². The van der Waals surface area contributed by atoms with Crippen molar-refractivity contribution in [2.24, 2.45) is 5.41 Å². The molecule has 2 aliphatic heterocycles. The molecule has 2 amide bonds. The van der Waals surface area contributed by atoms with Gasteiger partial charge in [-0.05, 0) is 12.5 Å². The lowest BCUT2D eigenvalue weighted by molar-refractivity contribution is 0.109. The standard InChI is InChI=1S/C18H25N3O3/c1-18(2,14-3-6-23-7-4-14)12-20-17(22)21-15-9-13-11-24-8-5-16(13)19-10-15/h3,9-10H,4-8,11-12H2,1-2H3,(H2,20,21,22). The Hall–Kier alpha value is -1.92. The Bertz CT molecular complexity index is 640. The largest absolute Gasteiger partial charge is 0.377 e. The quantitative estimate of drug-likeness (QED) is 0.832. The molecule has 6 nitrogen and oxygen atoms in total. The number of hydrogen-bond donors (Lipinski definition) is 2. The minimum absolute atomic E-state index is 0.0803. The molecule has 3 heterocycles. The van der Waals surface area contributed by atoms with Crippen molar-refractivity contribution < 1.29 is 14.3 Å². The van der Waals surface area contributed by atoms with E-state index in [1.165, 1.54) is 5.57 Å². The Morgan fingerprint density at radius 1 is 1.29 bits per heavy atom. The maximum atomic E-state index is 12.2. The Labute approximate surface area is 142 Å². The third-order valence-electron chi connectivity index (χ3n) is 4.58. The zero-order valence-corrected chi connectivity index (χ0v) is 14.4. The van der Waals surface area contributed by atoms with Crippen LogP contribution in [-0.2, 0) is 22.5 Å². The van der Waals surface area contributed by atoms with Crippen molar-refractivity contribution in [1.82, 2.24) is 10.3 Å². The van der Waals surface area contributed by atoms with Crippen LogP contribution < -0.4 is 10.6 Å². The fourth-order valence-electron chi connectivity index (χ4n) is 3.04. The lowest BCUT2D eigenvalue weighted by Crippen LogP contribution is -2.38. The van der Waals surface area contributed by atoms with E-state index in [-0.39, 0.29) is 11.4 Å². The molecule has 0 aromatic carbocycles. The van der Waals surface area contributed by atoms with Crippen LogP contribution in [0.3, 0.4) is 0 Å². The summed E-state index contributed by atoms with van der Waals surface area (Å²) in [4.78, 5) is 16.6. The zero-order valence-electron chi connectivity index (χ0n) is 14.4. The Balaban J connectivity index is 1.55. The summed E-state index contributed by atoms with van der Waals surface area (Å²) < 4.78 is 10.8. The number of rotatable bonds is 4. The normalized spacial score (nSPS) is 17.7. The molecule has 6 heteroatoms. The minimum atomic E-state index is -0.214. The van der Waals surface area contributed by atoms with Crippen molar-refractivity contribution in [2.75, 3.05) is 31.7 Å². The molecule has 0 fully saturated rings. The van der Waals surface area contributed by atoms with Gasteiger partial charge in [0.1, 0.15) is 0 Å². The van der Waals surface area contributed by atoms with E-state index >= 15 is 0 Å². The molecular weight excluding hydrogens is 306 g/mol. The molecule has 1 aromatic rings. The first-order chi connectivity index (χ1) is 11.5. The molecule has 130 valence electrons. The molecule has 2 aliphatic rings. The molecule has 0 spiro atoms. The molecule has 0 saturated carbocycles. The highest BCUT2D eigenvalue weighted by Crippen LogP contribution is 2.29. The maximum absolute atomic E-state index is 12.2. The van der Waals surface area contributed by atoms with Gasteiger partial charge in [0.05, 0.1) is 38.3 Å². The van der Waals surface area contributed by atoms with Crippen molar-refractivity contribution >= 4 is 11.7 Å². The van der Waals surface area contributed by atoms with Gasteiger partial charge in [0, 0.05) is 29.6 Å². The number of nitrogens with zero attached hydrogens (tertiary/aromatic N) is 1. The molecule has 0 saturated heterocycles. The number of aromatic nitrogens is 1. The molecule has 0 aliphatic carbocycles. The lowest BCUT2D eigenvalue weighted by atomic mass is 9.81. The molecule has 0 atom stereocenters. The minimum Gasteiger partial charge on any atom is -0.377 e. The number of carbonyl (C=O) groups is 1. The smallest absolute Gasteiger partial charge is 0.319 e.